The summed E-state index contributed by atoms with van der Waals surface area (Å²) in [7, 11) is -4.40. The summed E-state index contributed by atoms with van der Waals surface area (Å²) in [6.07, 6.45) is 81.0. The second kappa shape index (κ2) is 64.1. The quantitative estimate of drug-likeness (QED) is 0.0264. The highest BCUT2D eigenvalue weighted by molar-refractivity contribution is 7.47. The third-order valence-electron chi connectivity index (χ3n) is 15.0. The molecule has 0 aromatic heterocycles. The van der Waals surface area contributed by atoms with Crippen LogP contribution in [0, 0.1) is 0 Å². The molecule has 0 aliphatic carbocycles. The highest BCUT2D eigenvalue weighted by Crippen LogP contribution is 2.43. The lowest BCUT2D eigenvalue weighted by Crippen LogP contribution is -2.29. The van der Waals surface area contributed by atoms with Crippen molar-refractivity contribution in [2.75, 3.05) is 26.4 Å². The Hall–Kier alpha value is -2.03. The predicted molar refractivity (Wildman–Crippen MR) is 335 cm³/mol. The van der Waals surface area contributed by atoms with E-state index < -0.39 is 26.5 Å². The molecule has 0 bridgehead atoms. The molecule has 0 fully saturated rings. The van der Waals surface area contributed by atoms with Crippen LogP contribution in [0.25, 0.3) is 0 Å². The van der Waals surface area contributed by atoms with Gasteiger partial charge in [-0.3, -0.25) is 18.6 Å². The zero-order valence-electron chi connectivity index (χ0n) is 51.4. The number of carbonyl (C=O) groups excluding carboxylic acids is 2. The van der Waals surface area contributed by atoms with Gasteiger partial charge in [0.2, 0.25) is 0 Å². The van der Waals surface area contributed by atoms with Crippen LogP contribution >= 0.6 is 7.82 Å². The van der Waals surface area contributed by atoms with Gasteiger partial charge in [-0.2, -0.15) is 0 Å². The maximum Gasteiger partial charge on any atom is 0.472 e. The van der Waals surface area contributed by atoms with E-state index >= 15 is 0 Å². The number of ether oxygens (including phenoxy) is 2. The van der Waals surface area contributed by atoms with E-state index in [1.54, 1.807) is 0 Å². The highest BCUT2D eigenvalue weighted by Gasteiger charge is 2.26. The lowest BCUT2D eigenvalue weighted by molar-refractivity contribution is -0.161. The van der Waals surface area contributed by atoms with Gasteiger partial charge in [0.15, 0.2) is 6.10 Å². The highest BCUT2D eigenvalue weighted by atomic mass is 31.2. The van der Waals surface area contributed by atoms with Gasteiger partial charge in [0.05, 0.1) is 13.2 Å². The summed E-state index contributed by atoms with van der Waals surface area (Å²) in [6.45, 7) is 3.64. The van der Waals surface area contributed by atoms with Gasteiger partial charge in [-0.05, 0) is 51.4 Å². The monoisotopic (exact) mass is 1120 g/mol. The molecule has 0 aliphatic rings. The van der Waals surface area contributed by atoms with Crippen molar-refractivity contribution >= 4 is 19.8 Å². The first-order valence-corrected chi connectivity index (χ1v) is 35.1. The summed E-state index contributed by atoms with van der Waals surface area (Å²) < 4.78 is 33.0. The van der Waals surface area contributed by atoms with Crippen LogP contribution in [-0.4, -0.2) is 49.3 Å². The Labute approximate surface area is 483 Å². The van der Waals surface area contributed by atoms with Crippen molar-refractivity contribution in [3.8, 4) is 0 Å². The summed E-state index contributed by atoms with van der Waals surface area (Å²) in [5.74, 6) is -0.844. The minimum atomic E-state index is -4.40. The standard InChI is InChI=1S/C68H128NO8P/c1-3-5-7-9-11-13-15-17-19-21-22-23-24-25-26-27-28-29-30-31-32-33-34-35-36-37-38-39-40-41-42-43-45-46-48-50-52-54-56-58-60-67(70)74-64-66(65-76-78(72,73)75-63-62-69)77-68(71)61-59-57-55-53-51-49-47-44-20-18-16-14-12-10-8-6-4-2/h6,8,12,14,18,20,47,49,66H,3-5,7,9-11,13,15-17,19,21-46,48,50-65,69H2,1-2H3,(H,72,73)/b8-6-,14-12-,20-18-,49-47-. The number of phosphoric acid groups is 1. The Morgan fingerprint density at radius 2 is 0.705 bits per heavy atom. The van der Waals surface area contributed by atoms with Crippen LogP contribution in [0.3, 0.4) is 0 Å². The molecular formula is C68H128NO8P. The number of nitrogens with two attached hydrogens (primary N) is 1. The van der Waals surface area contributed by atoms with Crippen molar-refractivity contribution in [3.63, 3.8) is 0 Å². The number of unbranched alkanes of at least 4 members (excludes halogenated alkanes) is 43. The summed E-state index contributed by atoms with van der Waals surface area (Å²) in [4.78, 5) is 35.2. The minimum Gasteiger partial charge on any atom is -0.462 e. The van der Waals surface area contributed by atoms with Gasteiger partial charge in [0.1, 0.15) is 6.61 Å². The van der Waals surface area contributed by atoms with Crippen molar-refractivity contribution in [2.45, 2.75) is 347 Å². The molecule has 458 valence electrons. The van der Waals surface area contributed by atoms with E-state index in [4.69, 9.17) is 24.3 Å². The summed E-state index contributed by atoms with van der Waals surface area (Å²) in [5.41, 5.74) is 5.38. The van der Waals surface area contributed by atoms with Gasteiger partial charge in [-0.15, -0.1) is 0 Å². The summed E-state index contributed by atoms with van der Waals surface area (Å²) in [6, 6.07) is 0. The first-order valence-electron chi connectivity index (χ1n) is 33.6. The van der Waals surface area contributed by atoms with E-state index in [9.17, 15) is 19.0 Å². The molecule has 3 N–H and O–H groups in total. The van der Waals surface area contributed by atoms with Crippen LogP contribution < -0.4 is 5.73 Å². The minimum absolute atomic E-state index is 0.0488. The van der Waals surface area contributed by atoms with Gasteiger partial charge in [-0.25, -0.2) is 4.57 Å². The summed E-state index contributed by atoms with van der Waals surface area (Å²) in [5, 5.41) is 0. The molecule has 0 aromatic rings. The van der Waals surface area contributed by atoms with Crippen LogP contribution in [0.15, 0.2) is 48.6 Å². The number of phosphoric ester groups is 1. The molecule has 10 heteroatoms. The third kappa shape index (κ3) is 63.2. The van der Waals surface area contributed by atoms with Crippen LogP contribution in [-0.2, 0) is 32.7 Å². The average molecular weight is 1120 g/mol. The van der Waals surface area contributed by atoms with E-state index in [1.165, 1.54) is 238 Å². The Kier molecular flexibility index (Phi) is 62.5. The normalized spacial score (nSPS) is 13.2. The molecule has 0 aromatic carbocycles. The number of hydrogen-bond donors (Lipinski definition) is 2. The molecule has 0 saturated carbocycles. The lowest BCUT2D eigenvalue weighted by atomic mass is 10.0. The Balaban J connectivity index is 3.73. The smallest absolute Gasteiger partial charge is 0.462 e. The topological polar surface area (TPSA) is 134 Å². The molecule has 0 radical (unpaired) electrons. The molecule has 0 rings (SSSR count). The largest absolute Gasteiger partial charge is 0.472 e. The van der Waals surface area contributed by atoms with Gasteiger partial charge < -0.3 is 20.1 Å². The number of esters is 2. The van der Waals surface area contributed by atoms with Crippen LogP contribution in [0.1, 0.15) is 341 Å². The predicted octanol–water partition coefficient (Wildman–Crippen LogP) is 21.7. The maximum absolute atomic E-state index is 12.7. The number of carbonyl (C=O) groups is 2. The third-order valence-corrected chi connectivity index (χ3v) is 16.0. The van der Waals surface area contributed by atoms with Gasteiger partial charge in [0.25, 0.3) is 0 Å². The number of allylic oxidation sites excluding steroid dienone is 8. The van der Waals surface area contributed by atoms with Crippen molar-refractivity contribution in [2.24, 2.45) is 5.73 Å². The molecule has 2 atom stereocenters. The number of hydrogen-bond acceptors (Lipinski definition) is 8. The van der Waals surface area contributed by atoms with Crippen LogP contribution in [0.4, 0.5) is 0 Å². The van der Waals surface area contributed by atoms with Crippen LogP contribution in [0.5, 0.6) is 0 Å². The zero-order chi connectivity index (χ0) is 56.6. The van der Waals surface area contributed by atoms with E-state index in [-0.39, 0.29) is 38.6 Å². The molecule has 0 saturated heterocycles. The van der Waals surface area contributed by atoms with E-state index in [0.717, 1.165) is 70.6 Å². The molecule has 0 heterocycles. The van der Waals surface area contributed by atoms with Crippen LogP contribution in [0.2, 0.25) is 0 Å². The molecule has 0 spiro atoms. The Morgan fingerprint density at radius 3 is 1.05 bits per heavy atom. The molecule has 0 aliphatic heterocycles. The molecule has 78 heavy (non-hydrogen) atoms. The second-order valence-corrected chi connectivity index (χ2v) is 24.1. The van der Waals surface area contributed by atoms with Gasteiger partial charge in [-0.1, -0.05) is 326 Å². The maximum atomic E-state index is 12.7. The van der Waals surface area contributed by atoms with E-state index in [0.29, 0.717) is 6.42 Å². The van der Waals surface area contributed by atoms with Crippen molar-refractivity contribution in [3.05, 3.63) is 48.6 Å². The van der Waals surface area contributed by atoms with Crippen molar-refractivity contribution < 1.29 is 37.6 Å². The molecular weight excluding hydrogens is 990 g/mol. The lowest BCUT2D eigenvalue weighted by Gasteiger charge is -2.19. The van der Waals surface area contributed by atoms with Gasteiger partial charge in [0, 0.05) is 19.4 Å². The average Bonchev–Trinajstić information content (AvgIpc) is 3.43. The molecule has 9 nitrogen and oxygen atoms in total. The number of rotatable bonds is 64. The first-order chi connectivity index (χ1) is 38.3. The first kappa shape index (κ1) is 76.0. The van der Waals surface area contributed by atoms with Gasteiger partial charge >= 0.3 is 19.8 Å². The fourth-order valence-corrected chi connectivity index (χ4v) is 10.8. The molecule has 0 amide bonds. The van der Waals surface area contributed by atoms with E-state index in [1.807, 2.05) is 0 Å². The van der Waals surface area contributed by atoms with Crippen molar-refractivity contribution in [1.82, 2.24) is 0 Å². The summed E-state index contributed by atoms with van der Waals surface area (Å²) >= 11 is 0. The molecule has 2 unspecified atom stereocenters. The fraction of sp³-hybridized carbons (Fsp3) is 0.853. The fourth-order valence-electron chi connectivity index (χ4n) is 10.0. The Morgan fingerprint density at radius 1 is 0.397 bits per heavy atom. The Bertz CT molecular complexity index is 1420. The second-order valence-electron chi connectivity index (χ2n) is 22.7. The SMILES string of the molecule is CC/C=C\C/C=C\C/C=C\C/C=C\CCCCCCC(=O)OC(COC(=O)CCCCCCCCCCCCCCCCCCCCCCCCCCCCCCCCCCCCCCCCCC)COP(=O)(O)OCCN. The van der Waals surface area contributed by atoms with E-state index in [2.05, 4.69) is 62.5 Å². The zero-order valence-corrected chi connectivity index (χ0v) is 52.3. The van der Waals surface area contributed by atoms with Crippen molar-refractivity contribution in [1.29, 1.82) is 0 Å².